The summed E-state index contributed by atoms with van der Waals surface area (Å²) in [5, 5.41) is 16.0. The Morgan fingerprint density at radius 1 is 1.28 bits per heavy atom. The fraction of sp³-hybridized carbons (Fsp3) is 0.500. The van der Waals surface area contributed by atoms with E-state index in [2.05, 4.69) is 20.3 Å². The van der Waals surface area contributed by atoms with Crippen LogP contribution < -0.4 is 5.32 Å². The first-order valence-electron chi connectivity index (χ1n) is 9.30. The van der Waals surface area contributed by atoms with E-state index >= 15 is 0 Å². The number of urea groups is 1. The highest BCUT2D eigenvalue weighted by Gasteiger charge is 2.35. The van der Waals surface area contributed by atoms with Crippen LogP contribution in [0.1, 0.15) is 18.9 Å². The maximum absolute atomic E-state index is 13.5. The zero-order valence-electron chi connectivity index (χ0n) is 15.9. The first-order valence-corrected chi connectivity index (χ1v) is 9.30. The number of piperazine rings is 1. The summed E-state index contributed by atoms with van der Waals surface area (Å²) in [5.74, 6) is 0. The zero-order chi connectivity index (χ0) is 21.0. The fourth-order valence-electron chi connectivity index (χ4n) is 3.14. The van der Waals surface area contributed by atoms with E-state index in [0.717, 1.165) is 17.1 Å². The molecule has 1 aromatic carbocycles. The quantitative estimate of drug-likeness (QED) is 0.787. The van der Waals surface area contributed by atoms with Crippen molar-refractivity contribution in [2.75, 3.05) is 38.0 Å². The van der Waals surface area contributed by atoms with Gasteiger partial charge in [0.1, 0.15) is 12.7 Å². The van der Waals surface area contributed by atoms with E-state index < -0.39 is 23.9 Å². The van der Waals surface area contributed by atoms with E-state index in [9.17, 15) is 23.1 Å². The highest BCUT2D eigenvalue weighted by Crippen LogP contribution is 2.35. The Bertz CT molecular complexity index is 819. The summed E-state index contributed by atoms with van der Waals surface area (Å²) >= 11 is 0. The molecule has 0 aliphatic carbocycles. The third-order valence-electron chi connectivity index (χ3n) is 4.82. The van der Waals surface area contributed by atoms with Crippen molar-refractivity contribution in [2.24, 2.45) is 0 Å². The lowest BCUT2D eigenvalue weighted by atomic mass is 10.1. The van der Waals surface area contributed by atoms with Gasteiger partial charge in [-0.2, -0.15) is 18.3 Å². The molecule has 2 aromatic rings. The number of carbonyl (C=O) groups is 1. The number of aliphatic hydroxyl groups is 1. The van der Waals surface area contributed by atoms with Crippen LogP contribution in [0.25, 0.3) is 5.69 Å². The van der Waals surface area contributed by atoms with Gasteiger partial charge < -0.3 is 15.3 Å². The number of aliphatic hydroxyl groups excluding tert-OH is 1. The van der Waals surface area contributed by atoms with Crippen molar-refractivity contribution in [3.8, 4) is 5.69 Å². The highest BCUT2D eigenvalue weighted by atomic mass is 19.4. The number of halogens is 3. The Morgan fingerprint density at radius 2 is 2.00 bits per heavy atom. The summed E-state index contributed by atoms with van der Waals surface area (Å²) in [7, 11) is 0. The molecule has 1 aromatic heterocycles. The summed E-state index contributed by atoms with van der Waals surface area (Å²) < 4.78 is 41.5. The Morgan fingerprint density at radius 3 is 2.59 bits per heavy atom. The molecule has 1 saturated heterocycles. The molecule has 1 aliphatic rings. The molecule has 2 heterocycles. The molecule has 2 amide bonds. The fourth-order valence-corrected chi connectivity index (χ4v) is 3.14. The maximum Gasteiger partial charge on any atom is 0.418 e. The molecule has 0 spiro atoms. The van der Waals surface area contributed by atoms with Crippen molar-refractivity contribution in [1.82, 2.24) is 24.6 Å². The third-order valence-corrected chi connectivity index (χ3v) is 4.82. The molecule has 1 unspecified atom stereocenters. The normalized spacial score (nSPS) is 16.7. The first-order chi connectivity index (χ1) is 13.8. The monoisotopic (exact) mass is 412 g/mol. The van der Waals surface area contributed by atoms with Crippen molar-refractivity contribution in [3.63, 3.8) is 0 Å². The number of nitrogens with zero attached hydrogens (tertiary/aromatic N) is 5. The first kappa shape index (κ1) is 21.1. The van der Waals surface area contributed by atoms with E-state index in [1.165, 1.54) is 18.5 Å². The number of carbonyl (C=O) groups excluding carboxylic acids is 1. The lowest BCUT2D eigenvalue weighted by molar-refractivity contribution is -0.137. The zero-order valence-corrected chi connectivity index (χ0v) is 15.9. The van der Waals surface area contributed by atoms with Crippen LogP contribution in [-0.4, -0.2) is 74.5 Å². The van der Waals surface area contributed by atoms with Gasteiger partial charge in [0.15, 0.2) is 0 Å². The van der Waals surface area contributed by atoms with Gasteiger partial charge in [-0.1, -0.05) is 6.92 Å². The van der Waals surface area contributed by atoms with Gasteiger partial charge >= 0.3 is 12.2 Å². The summed E-state index contributed by atoms with van der Waals surface area (Å²) in [6.45, 7) is 4.52. The van der Waals surface area contributed by atoms with Crippen LogP contribution in [0.3, 0.4) is 0 Å². The Balaban J connectivity index is 1.67. The molecule has 8 nitrogen and oxygen atoms in total. The predicted molar refractivity (Wildman–Crippen MR) is 99.7 cm³/mol. The topological polar surface area (TPSA) is 86.5 Å². The second-order valence-corrected chi connectivity index (χ2v) is 6.85. The summed E-state index contributed by atoms with van der Waals surface area (Å²) in [5.41, 5.74) is -1.04. The lowest BCUT2D eigenvalue weighted by Crippen LogP contribution is -2.51. The Hall–Kier alpha value is -2.66. The molecule has 3 rings (SSSR count). The third kappa shape index (κ3) is 5.24. The average molecular weight is 412 g/mol. The standard InChI is InChI=1S/C18H23F3N6O2/c1-2-14(28)10-25-5-7-26(8-6-25)17(29)24-13-3-4-16(27-12-22-11-23-27)15(9-13)18(19,20)21/h3-4,9,11-12,14,28H,2,5-8,10H2,1H3,(H,24,29). The van der Waals surface area contributed by atoms with E-state index in [4.69, 9.17) is 0 Å². The van der Waals surface area contributed by atoms with E-state index in [1.54, 1.807) is 4.90 Å². The maximum atomic E-state index is 13.5. The van der Waals surface area contributed by atoms with Gasteiger partial charge in [-0.3, -0.25) is 4.90 Å². The van der Waals surface area contributed by atoms with E-state index in [0.29, 0.717) is 39.1 Å². The van der Waals surface area contributed by atoms with Gasteiger partial charge in [0.25, 0.3) is 0 Å². The number of hydrogen-bond donors (Lipinski definition) is 2. The molecular weight excluding hydrogens is 389 g/mol. The number of hydrogen-bond acceptors (Lipinski definition) is 5. The van der Waals surface area contributed by atoms with Gasteiger partial charge in [-0.15, -0.1) is 0 Å². The number of anilines is 1. The van der Waals surface area contributed by atoms with Crippen molar-refractivity contribution < 1.29 is 23.1 Å². The van der Waals surface area contributed by atoms with E-state index in [-0.39, 0.29) is 11.4 Å². The summed E-state index contributed by atoms with van der Waals surface area (Å²) in [4.78, 5) is 19.7. The Labute approximate surface area is 165 Å². The average Bonchev–Trinajstić information content (AvgIpc) is 3.22. The van der Waals surface area contributed by atoms with Gasteiger partial charge in [-0.05, 0) is 24.6 Å². The minimum atomic E-state index is -4.62. The van der Waals surface area contributed by atoms with Gasteiger partial charge in [0, 0.05) is 38.4 Å². The van der Waals surface area contributed by atoms with Crippen LogP contribution in [0.4, 0.5) is 23.7 Å². The molecule has 2 N–H and O–H groups in total. The second kappa shape index (κ2) is 8.78. The molecule has 0 bridgehead atoms. The Kier molecular flexibility index (Phi) is 6.38. The van der Waals surface area contributed by atoms with Crippen LogP contribution in [0.15, 0.2) is 30.9 Å². The number of alkyl halides is 3. The number of benzene rings is 1. The number of aromatic nitrogens is 3. The molecule has 158 valence electrons. The minimum Gasteiger partial charge on any atom is -0.392 e. The second-order valence-electron chi connectivity index (χ2n) is 6.85. The van der Waals surface area contributed by atoms with Crippen LogP contribution in [0, 0.1) is 0 Å². The molecule has 0 radical (unpaired) electrons. The molecule has 1 fully saturated rings. The van der Waals surface area contributed by atoms with Crippen LogP contribution in [-0.2, 0) is 6.18 Å². The van der Waals surface area contributed by atoms with Gasteiger partial charge in [0.05, 0.1) is 17.4 Å². The predicted octanol–water partition coefficient (Wildman–Crippen LogP) is 2.21. The SMILES string of the molecule is CCC(O)CN1CCN(C(=O)Nc2ccc(-n3cncn3)c(C(F)(F)F)c2)CC1. The van der Waals surface area contributed by atoms with Crippen molar-refractivity contribution in [2.45, 2.75) is 25.6 Å². The summed E-state index contributed by atoms with van der Waals surface area (Å²) in [6, 6.07) is 3.08. The van der Waals surface area contributed by atoms with Crippen molar-refractivity contribution in [1.29, 1.82) is 0 Å². The van der Waals surface area contributed by atoms with Crippen LogP contribution >= 0.6 is 0 Å². The van der Waals surface area contributed by atoms with E-state index in [1.807, 2.05) is 6.92 Å². The molecular formula is C18H23F3N6O2. The summed E-state index contributed by atoms with van der Waals surface area (Å²) in [6.07, 6.45) is -2.03. The molecule has 1 aliphatic heterocycles. The van der Waals surface area contributed by atoms with Crippen LogP contribution in [0.2, 0.25) is 0 Å². The number of nitrogens with one attached hydrogen (secondary N) is 1. The molecule has 11 heteroatoms. The van der Waals surface area contributed by atoms with Crippen molar-refractivity contribution >= 4 is 11.7 Å². The van der Waals surface area contributed by atoms with Gasteiger partial charge in [0.2, 0.25) is 0 Å². The number of β-amino-alcohol motifs (C(OH)–C–C–N with tert-alkyl or cyclic N) is 1. The van der Waals surface area contributed by atoms with Gasteiger partial charge in [-0.25, -0.2) is 14.5 Å². The van der Waals surface area contributed by atoms with Crippen molar-refractivity contribution in [3.05, 3.63) is 36.4 Å². The highest BCUT2D eigenvalue weighted by molar-refractivity contribution is 5.89. The van der Waals surface area contributed by atoms with Crippen LogP contribution in [0.5, 0.6) is 0 Å². The minimum absolute atomic E-state index is 0.0509. The molecule has 29 heavy (non-hydrogen) atoms. The largest absolute Gasteiger partial charge is 0.418 e. The molecule has 0 saturated carbocycles. The number of amides is 2. The molecule has 1 atom stereocenters. The number of rotatable bonds is 5. The smallest absolute Gasteiger partial charge is 0.392 e. The lowest BCUT2D eigenvalue weighted by Gasteiger charge is -2.35.